The average molecular weight is 420 g/mol. The third kappa shape index (κ3) is 3.83. The molecule has 2 aliphatic rings. The molecule has 1 amide bonds. The van der Waals surface area contributed by atoms with Gasteiger partial charge in [-0.3, -0.25) is 4.79 Å². The van der Waals surface area contributed by atoms with Gasteiger partial charge in [0.25, 0.3) is 5.91 Å². The van der Waals surface area contributed by atoms with Gasteiger partial charge < -0.3 is 21.7 Å². The van der Waals surface area contributed by atoms with Crippen molar-refractivity contribution in [3.63, 3.8) is 0 Å². The Balaban J connectivity index is 1.46. The molecule has 1 saturated heterocycles. The second-order valence-electron chi connectivity index (χ2n) is 8.68. The van der Waals surface area contributed by atoms with Crippen LogP contribution in [-0.2, 0) is 0 Å². The maximum Gasteiger partial charge on any atom is 0.253 e. The molecule has 8 heteroatoms. The monoisotopic (exact) mass is 419 g/mol. The minimum Gasteiger partial charge on any atom is -0.382 e. The topological polar surface area (TPSA) is 115 Å². The number of aromatic nitrogens is 3. The Morgan fingerprint density at radius 2 is 1.77 bits per heavy atom. The van der Waals surface area contributed by atoms with Crippen molar-refractivity contribution in [2.24, 2.45) is 5.73 Å². The van der Waals surface area contributed by atoms with E-state index >= 15 is 0 Å². The molecule has 0 bridgehead atoms. The molecular formula is C23H29N7O. The minimum atomic E-state index is 0.104. The van der Waals surface area contributed by atoms with Crippen LogP contribution in [0.3, 0.4) is 0 Å². The van der Waals surface area contributed by atoms with Crippen molar-refractivity contribution in [3.8, 4) is 0 Å². The number of carbonyl (C=O) groups is 1. The number of hydrogen-bond acceptors (Lipinski definition) is 6. The van der Waals surface area contributed by atoms with Crippen LogP contribution in [0.15, 0.2) is 36.7 Å². The maximum absolute atomic E-state index is 12.6. The molecule has 162 valence electrons. The van der Waals surface area contributed by atoms with E-state index < -0.39 is 0 Å². The summed E-state index contributed by atoms with van der Waals surface area (Å²) in [6, 6.07) is 7.92. The summed E-state index contributed by atoms with van der Waals surface area (Å²) in [7, 11) is 0. The molecule has 3 heterocycles. The van der Waals surface area contributed by atoms with Crippen LogP contribution in [0, 0.1) is 0 Å². The lowest BCUT2D eigenvalue weighted by atomic mass is 9.81. The number of amides is 1. The van der Waals surface area contributed by atoms with Gasteiger partial charge in [0, 0.05) is 48.3 Å². The predicted molar refractivity (Wildman–Crippen MR) is 121 cm³/mol. The molecule has 1 aromatic carbocycles. The standard InChI is InChI=1S/C23H29N7O/c24-17-7-3-15(4-8-17)19-20(22-26-11-14-30(22)28-21(19)25)27-18-9-5-16(6-10-18)23(31)29-12-1-2-13-29/h5-6,9-11,14-15,17,27H,1-4,7-8,12-13,24H2,(H2,25,28)/t15-,17-. The highest BCUT2D eigenvalue weighted by atomic mass is 16.2. The second kappa shape index (κ2) is 8.19. The van der Waals surface area contributed by atoms with E-state index in [0.29, 0.717) is 17.3 Å². The fourth-order valence-electron chi connectivity index (χ4n) is 4.86. The van der Waals surface area contributed by atoms with E-state index in [1.807, 2.05) is 29.2 Å². The molecule has 8 nitrogen and oxygen atoms in total. The summed E-state index contributed by atoms with van der Waals surface area (Å²) in [5, 5.41) is 8.05. The van der Waals surface area contributed by atoms with Crippen molar-refractivity contribution in [2.75, 3.05) is 24.1 Å². The number of hydrogen-bond donors (Lipinski definition) is 3. The first-order valence-corrected chi connectivity index (χ1v) is 11.1. The smallest absolute Gasteiger partial charge is 0.253 e. The van der Waals surface area contributed by atoms with E-state index in [2.05, 4.69) is 15.4 Å². The molecule has 1 saturated carbocycles. The van der Waals surface area contributed by atoms with Crippen LogP contribution < -0.4 is 16.8 Å². The minimum absolute atomic E-state index is 0.104. The summed E-state index contributed by atoms with van der Waals surface area (Å²) in [5.74, 6) is 0.925. The average Bonchev–Trinajstić information content (AvgIpc) is 3.47. The van der Waals surface area contributed by atoms with Gasteiger partial charge in [0.05, 0.1) is 5.69 Å². The molecule has 1 aliphatic carbocycles. The number of nitrogens with two attached hydrogens (primary N) is 2. The molecule has 5 rings (SSSR count). The molecule has 5 N–H and O–H groups in total. The zero-order chi connectivity index (χ0) is 21.4. The summed E-state index contributed by atoms with van der Waals surface area (Å²) in [6.07, 6.45) is 9.64. The molecule has 0 radical (unpaired) electrons. The molecule has 0 unspecified atom stereocenters. The van der Waals surface area contributed by atoms with Crippen molar-refractivity contribution in [1.29, 1.82) is 0 Å². The largest absolute Gasteiger partial charge is 0.382 e. The Morgan fingerprint density at radius 1 is 1.06 bits per heavy atom. The van der Waals surface area contributed by atoms with Crippen molar-refractivity contribution < 1.29 is 4.79 Å². The van der Waals surface area contributed by atoms with E-state index in [0.717, 1.165) is 74.2 Å². The first kappa shape index (κ1) is 19.8. The van der Waals surface area contributed by atoms with E-state index in [4.69, 9.17) is 11.5 Å². The number of carbonyl (C=O) groups excluding carboxylic acids is 1. The lowest BCUT2D eigenvalue weighted by Crippen LogP contribution is -2.27. The van der Waals surface area contributed by atoms with Crippen molar-refractivity contribution >= 4 is 28.7 Å². The molecule has 0 atom stereocenters. The van der Waals surface area contributed by atoms with Gasteiger partial charge in [0.1, 0.15) is 5.82 Å². The van der Waals surface area contributed by atoms with Crippen molar-refractivity contribution in [3.05, 3.63) is 47.8 Å². The summed E-state index contributed by atoms with van der Waals surface area (Å²) in [6.45, 7) is 1.70. The second-order valence-corrected chi connectivity index (χ2v) is 8.68. The number of rotatable bonds is 4. The normalized spacial score (nSPS) is 21.5. The number of anilines is 3. The summed E-state index contributed by atoms with van der Waals surface area (Å²) >= 11 is 0. The first-order chi connectivity index (χ1) is 15.1. The van der Waals surface area contributed by atoms with Gasteiger partial charge >= 0.3 is 0 Å². The van der Waals surface area contributed by atoms with Crippen molar-refractivity contribution in [2.45, 2.75) is 50.5 Å². The van der Waals surface area contributed by atoms with Gasteiger partial charge in [-0.25, -0.2) is 9.50 Å². The van der Waals surface area contributed by atoms with E-state index in [1.54, 1.807) is 16.9 Å². The van der Waals surface area contributed by atoms with Gasteiger partial charge in [-0.15, -0.1) is 5.10 Å². The Bertz CT molecular complexity index is 1080. The van der Waals surface area contributed by atoms with Crippen LogP contribution in [0.1, 0.15) is 60.4 Å². The number of likely N-dealkylation sites (tertiary alicyclic amines) is 1. The van der Waals surface area contributed by atoms with Crippen LogP contribution in [0.25, 0.3) is 5.65 Å². The molecular weight excluding hydrogens is 390 g/mol. The number of imidazole rings is 1. The zero-order valence-corrected chi connectivity index (χ0v) is 17.6. The van der Waals surface area contributed by atoms with Crippen LogP contribution in [0.2, 0.25) is 0 Å². The third-order valence-corrected chi connectivity index (χ3v) is 6.58. The van der Waals surface area contributed by atoms with Crippen LogP contribution in [0.5, 0.6) is 0 Å². The van der Waals surface area contributed by atoms with Gasteiger partial charge in [0.2, 0.25) is 0 Å². The molecule has 2 aromatic heterocycles. The van der Waals surface area contributed by atoms with Crippen LogP contribution in [0.4, 0.5) is 17.2 Å². The van der Waals surface area contributed by atoms with Crippen LogP contribution >= 0.6 is 0 Å². The predicted octanol–water partition coefficient (Wildman–Crippen LogP) is 3.28. The molecule has 0 spiro atoms. The Morgan fingerprint density at radius 3 is 2.48 bits per heavy atom. The Labute approximate surface area is 181 Å². The van der Waals surface area contributed by atoms with E-state index in [1.165, 1.54) is 0 Å². The molecule has 31 heavy (non-hydrogen) atoms. The van der Waals surface area contributed by atoms with E-state index in [-0.39, 0.29) is 11.9 Å². The highest BCUT2D eigenvalue weighted by molar-refractivity contribution is 5.95. The van der Waals surface area contributed by atoms with Gasteiger partial charge in [0.15, 0.2) is 5.65 Å². The number of nitrogen functional groups attached to an aromatic ring is 1. The molecule has 3 aromatic rings. The van der Waals surface area contributed by atoms with Gasteiger partial charge in [-0.1, -0.05) is 0 Å². The molecule has 1 aliphatic heterocycles. The lowest BCUT2D eigenvalue weighted by Gasteiger charge is -2.28. The van der Waals surface area contributed by atoms with Crippen LogP contribution in [-0.4, -0.2) is 44.5 Å². The number of benzene rings is 1. The number of fused-ring (bicyclic) bond motifs is 1. The zero-order valence-electron chi connectivity index (χ0n) is 17.6. The van der Waals surface area contributed by atoms with Gasteiger partial charge in [-0.05, 0) is 68.7 Å². The SMILES string of the molecule is Nc1nn2ccnc2c(Nc2ccc(C(=O)N3CCCC3)cc2)c1[C@H]1CC[C@H](N)CC1. The Kier molecular flexibility index (Phi) is 5.23. The summed E-state index contributed by atoms with van der Waals surface area (Å²) in [5.41, 5.74) is 16.8. The third-order valence-electron chi connectivity index (χ3n) is 6.58. The lowest BCUT2D eigenvalue weighted by molar-refractivity contribution is 0.0793. The Hall–Kier alpha value is -3.13. The number of nitrogens with one attached hydrogen (secondary N) is 1. The summed E-state index contributed by atoms with van der Waals surface area (Å²) < 4.78 is 1.71. The first-order valence-electron chi connectivity index (χ1n) is 11.1. The fraction of sp³-hybridized carbons (Fsp3) is 0.435. The highest BCUT2D eigenvalue weighted by Gasteiger charge is 2.27. The number of nitrogens with zero attached hydrogens (tertiary/aromatic N) is 4. The van der Waals surface area contributed by atoms with Crippen molar-refractivity contribution in [1.82, 2.24) is 19.5 Å². The highest BCUT2D eigenvalue weighted by Crippen LogP contribution is 2.41. The van der Waals surface area contributed by atoms with Gasteiger partial charge in [-0.2, -0.15) is 0 Å². The van der Waals surface area contributed by atoms with E-state index in [9.17, 15) is 4.79 Å². The summed E-state index contributed by atoms with van der Waals surface area (Å²) in [4.78, 5) is 19.1. The quantitative estimate of drug-likeness (QED) is 0.598. The maximum atomic E-state index is 12.6. The fourth-order valence-corrected chi connectivity index (χ4v) is 4.86. The molecule has 2 fully saturated rings.